The average molecular weight is 380 g/mol. The van der Waals surface area contributed by atoms with Crippen molar-refractivity contribution >= 4 is 11.9 Å². The zero-order valence-electron chi connectivity index (χ0n) is 14.3. The van der Waals surface area contributed by atoms with Crippen LogP contribution < -0.4 is 11.1 Å². The van der Waals surface area contributed by atoms with E-state index >= 15 is 0 Å². The first-order valence-corrected chi connectivity index (χ1v) is 8.44. The number of hydrogen-bond acceptors (Lipinski definition) is 9. The molecule has 26 heavy (non-hydrogen) atoms. The molecule has 6 atom stereocenters. The van der Waals surface area contributed by atoms with Gasteiger partial charge in [0.05, 0.1) is 18.8 Å². The van der Waals surface area contributed by atoms with E-state index in [9.17, 15) is 30.0 Å². The number of aliphatic hydroxyl groups is 5. The lowest BCUT2D eigenvalue weighted by molar-refractivity contribution is -0.295. The van der Waals surface area contributed by atoms with Crippen LogP contribution in [0.3, 0.4) is 0 Å². The van der Waals surface area contributed by atoms with Gasteiger partial charge < -0.3 is 46.4 Å². The van der Waals surface area contributed by atoms with E-state index in [1.165, 1.54) is 0 Å². The first kappa shape index (κ1) is 22.7. The van der Waals surface area contributed by atoms with Crippen LogP contribution in [-0.2, 0) is 14.3 Å². The molecule has 1 fully saturated rings. The second-order valence-electron chi connectivity index (χ2n) is 6.38. The van der Waals surface area contributed by atoms with Crippen molar-refractivity contribution in [3.05, 3.63) is 0 Å². The van der Waals surface area contributed by atoms with Gasteiger partial charge in [-0.3, -0.25) is 4.79 Å². The Balaban J connectivity index is 2.87. The molecule has 11 nitrogen and oxygen atoms in total. The maximum atomic E-state index is 12.0. The maximum absolute atomic E-state index is 12.0. The number of carboxylic acids is 1. The number of nitrogens with one attached hydrogen (secondary N) is 1. The molecule has 1 unspecified atom stereocenters. The van der Waals surface area contributed by atoms with Crippen molar-refractivity contribution in [2.45, 2.75) is 68.3 Å². The number of nitrogens with two attached hydrogens (primary N) is 1. The van der Waals surface area contributed by atoms with Crippen LogP contribution in [0.4, 0.5) is 0 Å². The van der Waals surface area contributed by atoms with Crippen LogP contribution in [0, 0.1) is 0 Å². The lowest BCUT2D eigenvalue weighted by Crippen LogP contribution is -2.67. The van der Waals surface area contributed by atoms with Crippen molar-refractivity contribution in [2.24, 2.45) is 5.73 Å². The smallest absolute Gasteiger partial charge is 0.364 e. The van der Waals surface area contributed by atoms with Gasteiger partial charge >= 0.3 is 5.97 Å². The van der Waals surface area contributed by atoms with Crippen LogP contribution >= 0.6 is 0 Å². The molecule has 1 aliphatic heterocycles. The topological polar surface area (TPSA) is 203 Å². The van der Waals surface area contributed by atoms with Gasteiger partial charge in [-0.15, -0.1) is 0 Å². The number of aliphatic hydroxyl groups excluding tert-OH is 4. The summed E-state index contributed by atoms with van der Waals surface area (Å²) in [5, 5.41) is 60.3. The van der Waals surface area contributed by atoms with Crippen molar-refractivity contribution in [2.75, 3.05) is 13.2 Å². The number of ether oxygens (including phenoxy) is 1. The van der Waals surface area contributed by atoms with Gasteiger partial charge in [0.25, 0.3) is 5.79 Å². The largest absolute Gasteiger partial charge is 0.477 e. The van der Waals surface area contributed by atoms with E-state index in [-0.39, 0.29) is 6.42 Å². The molecule has 0 bridgehead atoms. The van der Waals surface area contributed by atoms with Crippen LogP contribution in [0.15, 0.2) is 0 Å². The fourth-order valence-electron chi connectivity index (χ4n) is 2.77. The van der Waals surface area contributed by atoms with Crippen molar-refractivity contribution in [3.63, 3.8) is 0 Å². The molecule has 0 aromatic rings. The van der Waals surface area contributed by atoms with Gasteiger partial charge in [0.1, 0.15) is 18.3 Å². The highest BCUT2D eigenvalue weighted by atomic mass is 16.7. The molecule has 11 heteroatoms. The highest BCUT2D eigenvalue weighted by Gasteiger charge is 2.53. The Morgan fingerprint density at radius 2 is 1.92 bits per heavy atom. The molecule has 0 aromatic heterocycles. The highest BCUT2D eigenvalue weighted by Crippen LogP contribution is 2.30. The first-order chi connectivity index (χ1) is 12.2. The van der Waals surface area contributed by atoms with Crippen molar-refractivity contribution in [1.82, 2.24) is 5.32 Å². The van der Waals surface area contributed by atoms with E-state index in [2.05, 4.69) is 5.32 Å². The van der Waals surface area contributed by atoms with Crippen LogP contribution in [-0.4, -0.2) is 91.9 Å². The Hall–Kier alpha value is -1.34. The molecule has 152 valence electrons. The SMILES string of the molecule is NCCCCCC(=O)N[C@H]1[C@H]([C@H](O)[C@H](O)CO)OC(O)(C(=O)O)C[C@@H]1O. The average Bonchev–Trinajstić information content (AvgIpc) is 2.59. The third-order valence-corrected chi connectivity index (χ3v) is 4.27. The van der Waals surface area contributed by atoms with Crippen LogP contribution in [0.1, 0.15) is 32.1 Å². The molecule has 0 aromatic carbocycles. The Bertz CT molecular complexity index is 478. The number of carbonyl (C=O) groups excluding carboxylic acids is 1. The number of carbonyl (C=O) groups is 2. The summed E-state index contributed by atoms with van der Waals surface area (Å²) < 4.78 is 4.99. The summed E-state index contributed by atoms with van der Waals surface area (Å²) in [6, 6.07) is -1.28. The number of carboxylic acid groups (broad SMARTS) is 1. The van der Waals surface area contributed by atoms with Gasteiger partial charge in [0.15, 0.2) is 0 Å². The number of unbranched alkanes of at least 4 members (excludes halogenated alkanes) is 2. The molecule has 9 N–H and O–H groups in total. The van der Waals surface area contributed by atoms with Crippen molar-refractivity contribution in [3.8, 4) is 0 Å². The standard InChI is InChI=1S/C15H28N2O9/c16-5-3-1-2-4-10(21)17-11-8(19)6-15(25,14(23)24)26-13(11)12(22)9(20)7-18/h8-9,11-13,18-20,22,25H,1-7,16H2,(H,17,21)(H,23,24)/t8-,9+,11+,12+,13+,15?/m0/s1. The lowest BCUT2D eigenvalue weighted by atomic mass is 9.88. The highest BCUT2D eigenvalue weighted by molar-refractivity contribution is 5.77. The maximum Gasteiger partial charge on any atom is 0.364 e. The van der Waals surface area contributed by atoms with Crippen LogP contribution in [0.25, 0.3) is 0 Å². The van der Waals surface area contributed by atoms with Gasteiger partial charge in [0.2, 0.25) is 5.91 Å². The Kier molecular flexibility index (Phi) is 8.83. The van der Waals surface area contributed by atoms with E-state index in [1.54, 1.807) is 0 Å². The minimum absolute atomic E-state index is 0.109. The fourth-order valence-corrected chi connectivity index (χ4v) is 2.77. The Labute approximate surface area is 150 Å². The molecule has 1 saturated heterocycles. The molecule has 0 saturated carbocycles. The summed E-state index contributed by atoms with van der Waals surface area (Å²) >= 11 is 0. The molecule has 1 amide bonds. The molecular weight excluding hydrogens is 352 g/mol. The third-order valence-electron chi connectivity index (χ3n) is 4.27. The Morgan fingerprint density at radius 3 is 2.46 bits per heavy atom. The monoisotopic (exact) mass is 380 g/mol. The van der Waals surface area contributed by atoms with Gasteiger partial charge in [-0.1, -0.05) is 6.42 Å². The predicted octanol–water partition coefficient (Wildman–Crippen LogP) is -3.37. The zero-order valence-corrected chi connectivity index (χ0v) is 14.3. The van der Waals surface area contributed by atoms with Gasteiger partial charge in [-0.25, -0.2) is 4.79 Å². The molecule has 0 spiro atoms. The molecule has 1 aliphatic rings. The summed E-state index contributed by atoms with van der Waals surface area (Å²) in [4.78, 5) is 23.2. The zero-order chi connectivity index (χ0) is 19.9. The molecular formula is C15H28N2O9. The minimum Gasteiger partial charge on any atom is -0.477 e. The Morgan fingerprint density at radius 1 is 1.27 bits per heavy atom. The van der Waals surface area contributed by atoms with Gasteiger partial charge in [-0.2, -0.15) is 0 Å². The van der Waals surface area contributed by atoms with Crippen molar-refractivity contribution < 1.29 is 45.0 Å². The van der Waals surface area contributed by atoms with Crippen LogP contribution in [0.5, 0.6) is 0 Å². The van der Waals surface area contributed by atoms with E-state index in [1.807, 2.05) is 0 Å². The summed E-state index contributed by atoms with van der Waals surface area (Å²) in [5.74, 6) is -5.08. The lowest BCUT2D eigenvalue weighted by Gasteiger charge is -2.44. The van der Waals surface area contributed by atoms with E-state index in [0.29, 0.717) is 13.0 Å². The second-order valence-corrected chi connectivity index (χ2v) is 6.38. The predicted molar refractivity (Wildman–Crippen MR) is 86.6 cm³/mol. The quantitative estimate of drug-likeness (QED) is 0.177. The van der Waals surface area contributed by atoms with E-state index < -0.39 is 61.1 Å². The molecule has 0 aliphatic carbocycles. The molecule has 0 radical (unpaired) electrons. The van der Waals surface area contributed by atoms with E-state index in [4.69, 9.17) is 20.7 Å². The third kappa shape index (κ3) is 5.84. The first-order valence-electron chi connectivity index (χ1n) is 8.44. The summed E-state index contributed by atoms with van der Waals surface area (Å²) in [5.41, 5.74) is 5.36. The number of rotatable bonds is 10. The summed E-state index contributed by atoms with van der Waals surface area (Å²) in [6.07, 6.45) is -5.44. The number of amides is 1. The fraction of sp³-hybridized carbons (Fsp3) is 0.867. The number of hydrogen-bond donors (Lipinski definition) is 8. The summed E-state index contributed by atoms with van der Waals surface area (Å²) in [7, 11) is 0. The van der Waals surface area contributed by atoms with Gasteiger partial charge in [-0.05, 0) is 19.4 Å². The number of aliphatic carboxylic acids is 1. The van der Waals surface area contributed by atoms with Gasteiger partial charge in [0, 0.05) is 12.8 Å². The minimum atomic E-state index is -2.80. The molecule has 1 rings (SSSR count). The second kappa shape index (κ2) is 10.1. The molecule has 1 heterocycles. The van der Waals surface area contributed by atoms with Crippen LogP contribution in [0.2, 0.25) is 0 Å². The van der Waals surface area contributed by atoms with Crippen molar-refractivity contribution in [1.29, 1.82) is 0 Å². The normalized spacial score (nSPS) is 31.2. The summed E-state index contributed by atoms with van der Waals surface area (Å²) in [6.45, 7) is -0.375. The van der Waals surface area contributed by atoms with E-state index in [0.717, 1.165) is 12.8 Å².